The Balaban J connectivity index is 1.51. The van der Waals surface area contributed by atoms with Crippen molar-refractivity contribution in [1.29, 1.82) is 0 Å². The van der Waals surface area contributed by atoms with E-state index in [0.29, 0.717) is 17.6 Å². The molecule has 1 aromatic carbocycles. The van der Waals surface area contributed by atoms with Crippen LogP contribution >= 0.6 is 0 Å². The van der Waals surface area contributed by atoms with Crippen molar-refractivity contribution >= 4 is 0 Å². The van der Waals surface area contributed by atoms with Gasteiger partial charge in [0.05, 0.1) is 13.2 Å². The molecule has 2 saturated carbocycles. The van der Waals surface area contributed by atoms with Gasteiger partial charge in [0.1, 0.15) is 5.75 Å². The molecular formula is C20H26O3. The molecule has 0 aromatic heterocycles. The Labute approximate surface area is 138 Å². The van der Waals surface area contributed by atoms with E-state index in [1.165, 1.54) is 36.8 Å². The number of hydrogen-bond acceptors (Lipinski definition) is 3. The highest BCUT2D eigenvalue weighted by Gasteiger charge is 2.64. The smallest absolute Gasteiger partial charge is 0.174 e. The predicted molar refractivity (Wildman–Crippen MR) is 87.4 cm³/mol. The number of phenols is 1. The summed E-state index contributed by atoms with van der Waals surface area (Å²) in [5, 5.41) is 9.78. The third-order valence-electron chi connectivity index (χ3n) is 7.51. The van der Waals surface area contributed by atoms with Crippen molar-refractivity contribution in [3.8, 4) is 5.75 Å². The van der Waals surface area contributed by atoms with Gasteiger partial charge in [-0.25, -0.2) is 0 Å². The average molecular weight is 314 g/mol. The first-order valence-electron chi connectivity index (χ1n) is 9.23. The van der Waals surface area contributed by atoms with Crippen LogP contribution in [-0.2, 0) is 15.9 Å². The van der Waals surface area contributed by atoms with Crippen molar-refractivity contribution in [2.45, 2.75) is 57.2 Å². The minimum Gasteiger partial charge on any atom is -0.508 e. The summed E-state index contributed by atoms with van der Waals surface area (Å²) in [5.74, 6) is 2.24. The molecule has 3 aliphatic carbocycles. The number of phenolic OH excluding ortho intramolecular Hbond substituents is 1. The zero-order valence-electron chi connectivity index (χ0n) is 13.9. The van der Waals surface area contributed by atoms with Crippen molar-refractivity contribution in [1.82, 2.24) is 0 Å². The van der Waals surface area contributed by atoms with Gasteiger partial charge in [0.15, 0.2) is 5.79 Å². The Morgan fingerprint density at radius 1 is 1.09 bits per heavy atom. The maximum Gasteiger partial charge on any atom is 0.174 e. The van der Waals surface area contributed by atoms with E-state index in [0.717, 1.165) is 32.0 Å². The fourth-order valence-corrected chi connectivity index (χ4v) is 6.45. The first-order valence-corrected chi connectivity index (χ1v) is 9.23. The van der Waals surface area contributed by atoms with Gasteiger partial charge in [0.2, 0.25) is 0 Å². The van der Waals surface area contributed by atoms with E-state index in [1.807, 2.05) is 12.1 Å². The molecule has 4 aliphatic rings. The Morgan fingerprint density at radius 3 is 2.74 bits per heavy atom. The van der Waals surface area contributed by atoms with Crippen LogP contribution in [0.3, 0.4) is 0 Å². The minimum absolute atomic E-state index is 0.180. The van der Waals surface area contributed by atoms with Crippen LogP contribution in [0.25, 0.3) is 0 Å². The van der Waals surface area contributed by atoms with Crippen molar-refractivity contribution < 1.29 is 14.6 Å². The summed E-state index contributed by atoms with van der Waals surface area (Å²) < 4.78 is 12.4. The van der Waals surface area contributed by atoms with Crippen LogP contribution in [-0.4, -0.2) is 24.1 Å². The molecule has 3 nitrogen and oxygen atoms in total. The van der Waals surface area contributed by atoms with Gasteiger partial charge in [-0.2, -0.15) is 0 Å². The monoisotopic (exact) mass is 314 g/mol. The Hall–Kier alpha value is -1.06. The van der Waals surface area contributed by atoms with Gasteiger partial charge >= 0.3 is 0 Å². The Bertz CT molecular complexity index is 634. The van der Waals surface area contributed by atoms with Crippen LogP contribution in [0.1, 0.15) is 56.1 Å². The molecule has 23 heavy (non-hydrogen) atoms. The molecule has 1 aliphatic heterocycles. The van der Waals surface area contributed by atoms with Gasteiger partial charge in [-0.3, -0.25) is 0 Å². The van der Waals surface area contributed by atoms with E-state index in [4.69, 9.17) is 9.47 Å². The van der Waals surface area contributed by atoms with Gasteiger partial charge in [-0.15, -0.1) is 0 Å². The number of hydrogen-bond donors (Lipinski definition) is 1. The summed E-state index contributed by atoms with van der Waals surface area (Å²) in [7, 11) is 0. The molecule has 3 heteroatoms. The zero-order valence-corrected chi connectivity index (χ0v) is 13.9. The molecule has 0 unspecified atom stereocenters. The van der Waals surface area contributed by atoms with E-state index in [9.17, 15) is 5.11 Å². The van der Waals surface area contributed by atoms with Crippen LogP contribution in [0.4, 0.5) is 0 Å². The molecule has 1 spiro atoms. The van der Waals surface area contributed by atoms with E-state index in [1.54, 1.807) is 0 Å². The average Bonchev–Trinajstić information content (AvgIpc) is 3.14. The molecule has 1 heterocycles. The number of ether oxygens (including phenoxy) is 2. The summed E-state index contributed by atoms with van der Waals surface area (Å²) in [5.41, 5.74) is 3.05. The number of fused-ring (bicyclic) bond motifs is 6. The number of rotatable bonds is 0. The standard InChI is InChI=1S/C20H26O3/c1-19-8-6-16-15-5-3-14(21)12-13(15)2-4-17(16)18(19)7-9-20(19)22-10-11-23-20/h3,5,12,16-18,21H,2,4,6-11H2,1H3/t16-,17-,18-,19+/m0/s1. The third kappa shape index (κ3) is 1.78. The highest BCUT2D eigenvalue weighted by molar-refractivity contribution is 5.40. The van der Waals surface area contributed by atoms with Gasteiger partial charge in [-0.05, 0) is 73.1 Å². The van der Waals surface area contributed by atoms with Crippen LogP contribution in [0.2, 0.25) is 0 Å². The second-order valence-electron chi connectivity index (χ2n) is 8.24. The molecular weight excluding hydrogens is 288 g/mol. The summed E-state index contributed by atoms with van der Waals surface area (Å²) in [6.45, 7) is 3.95. The van der Waals surface area contributed by atoms with Gasteiger partial charge in [0.25, 0.3) is 0 Å². The molecule has 124 valence electrons. The summed E-state index contributed by atoms with van der Waals surface area (Å²) in [4.78, 5) is 0. The molecule has 1 N–H and O–H groups in total. The van der Waals surface area contributed by atoms with E-state index < -0.39 is 0 Å². The highest BCUT2D eigenvalue weighted by atomic mass is 16.7. The lowest BCUT2D eigenvalue weighted by Gasteiger charge is -2.52. The van der Waals surface area contributed by atoms with E-state index in [-0.39, 0.29) is 11.2 Å². The van der Waals surface area contributed by atoms with Gasteiger partial charge in [0, 0.05) is 11.8 Å². The van der Waals surface area contributed by atoms with Crippen LogP contribution in [0.5, 0.6) is 5.75 Å². The van der Waals surface area contributed by atoms with Crippen molar-refractivity contribution in [3.05, 3.63) is 29.3 Å². The first-order chi connectivity index (χ1) is 11.1. The van der Waals surface area contributed by atoms with E-state index >= 15 is 0 Å². The van der Waals surface area contributed by atoms with Crippen LogP contribution in [0, 0.1) is 17.3 Å². The SMILES string of the molecule is C[C@@]12CC[C@H]3c4ccc(O)cc4CC[C@@H]3[C@@H]1CCC21OCCO1. The largest absolute Gasteiger partial charge is 0.508 e. The maximum absolute atomic E-state index is 9.78. The van der Waals surface area contributed by atoms with Gasteiger partial charge < -0.3 is 14.6 Å². The molecule has 0 radical (unpaired) electrons. The molecule has 0 amide bonds. The zero-order chi connectivity index (χ0) is 15.7. The number of benzene rings is 1. The normalized spacial score (nSPS) is 40.7. The summed E-state index contributed by atoms with van der Waals surface area (Å²) in [6.07, 6.45) is 7.08. The van der Waals surface area contributed by atoms with Crippen molar-refractivity contribution in [2.24, 2.45) is 17.3 Å². The molecule has 3 fully saturated rings. The second kappa shape index (κ2) is 4.73. The van der Waals surface area contributed by atoms with E-state index in [2.05, 4.69) is 13.0 Å². The minimum atomic E-state index is -0.294. The number of aryl methyl sites for hydroxylation is 1. The van der Waals surface area contributed by atoms with Crippen LogP contribution < -0.4 is 0 Å². The van der Waals surface area contributed by atoms with Crippen molar-refractivity contribution in [3.63, 3.8) is 0 Å². The molecule has 5 rings (SSSR count). The lowest BCUT2D eigenvalue weighted by Crippen LogP contribution is -2.51. The third-order valence-corrected chi connectivity index (χ3v) is 7.51. The fourth-order valence-electron chi connectivity index (χ4n) is 6.45. The maximum atomic E-state index is 9.78. The first kappa shape index (κ1) is 14.3. The Kier molecular flexibility index (Phi) is 2.94. The Morgan fingerprint density at radius 2 is 1.91 bits per heavy atom. The second-order valence-corrected chi connectivity index (χ2v) is 8.24. The molecule has 1 saturated heterocycles. The molecule has 0 bridgehead atoms. The van der Waals surface area contributed by atoms with Gasteiger partial charge in [-0.1, -0.05) is 13.0 Å². The lowest BCUT2D eigenvalue weighted by molar-refractivity contribution is -0.237. The topological polar surface area (TPSA) is 38.7 Å². The summed E-state index contributed by atoms with van der Waals surface area (Å²) >= 11 is 0. The summed E-state index contributed by atoms with van der Waals surface area (Å²) in [6, 6.07) is 6.03. The number of aromatic hydroxyl groups is 1. The highest BCUT2D eigenvalue weighted by Crippen LogP contribution is 2.66. The lowest BCUT2D eigenvalue weighted by atomic mass is 9.55. The quantitative estimate of drug-likeness (QED) is 0.787. The molecule has 4 atom stereocenters. The predicted octanol–water partition coefficient (Wildman–Crippen LogP) is 3.99. The fraction of sp³-hybridized carbons (Fsp3) is 0.700. The molecule has 1 aromatic rings. The van der Waals surface area contributed by atoms with Crippen molar-refractivity contribution in [2.75, 3.05) is 13.2 Å². The van der Waals surface area contributed by atoms with Crippen LogP contribution in [0.15, 0.2) is 18.2 Å².